The summed E-state index contributed by atoms with van der Waals surface area (Å²) >= 11 is 0. The predicted octanol–water partition coefficient (Wildman–Crippen LogP) is 3.70. The van der Waals surface area contributed by atoms with E-state index >= 15 is 0 Å². The van der Waals surface area contributed by atoms with Crippen molar-refractivity contribution >= 4 is 28.9 Å². The summed E-state index contributed by atoms with van der Waals surface area (Å²) in [6.45, 7) is 3.73. The molecular formula is C19H17F2N3O2. The third-order valence-corrected chi connectivity index (χ3v) is 4.06. The van der Waals surface area contributed by atoms with E-state index in [1.54, 1.807) is 0 Å². The van der Waals surface area contributed by atoms with Crippen LogP contribution in [0.25, 0.3) is 0 Å². The van der Waals surface area contributed by atoms with Gasteiger partial charge in [0.05, 0.1) is 11.4 Å². The monoisotopic (exact) mass is 357 g/mol. The Morgan fingerprint density at radius 3 is 2.65 bits per heavy atom. The normalized spacial score (nSPS) is 14.2. The molecule has 134 valence electrons. The Balaban J connectivity index is 1.89. The van der Waals surface area contributed by atoms with Crippen LogP contribution in [0.2, 0.25) is 0 Å². The minimum atomic E-state index is -0.751. The summed E-state index contributed by atoms with van der Waals surface area (Å²) in [5.41, 5.74) is 2.19. The summed E-state index contributed by atoms with van der Waals surface area (Å²) in [5, 5.41) is 7.66. The zero-order chi connectivity index (χ0) is 18.8. The predicted molar refractivity (Wildman–Crippen MR) is 95.1 cm³/mol. The topological polar surface area (TPSA) is 61.8 Å². The SMILES string of the molecule is Cc1ccc(C)c(N2N=C(C(=O)Nc3cc(F)ccc3F)CCC2=O)c1. The van der Waals surface area contributed by atoms with E-state index in [4.69, 9.17) is 0 Å². The molecule has 1 aliphatic rings. The minimum Gasteiger partial charge on any atom is -0.318 e. The first-order valence-electron chi connectivity index (χ1n) is 8.09. The van der Waals surface area contributed by atoms with Crippen molar-refractivity contribution in [2.45, 2.75) is 26.7 Å². The molecule has 0 atom stereocenters. The van der Waals surface area contributed by atoms with Crippen LogP contribution < -0.4 is 10.3 Å². The number of carbonyl (C=O) groups excluding carboxylic acids is 2. The summed E-state index contributed by atoms with van der Waals surface area (Å²) < 4.78 is 27.0. The molecule has 2 aromatic rings. The summed E-state index contributed by atoms with van der Waals surface area (Å²) in [4.78, 5) is 24.7. The molecule has 1 heterocycles. The van der Waals surface area contributed by atoms with Gasteiger partial charge in [0.25, 0.3) is 5.91 Å². The van der Waals surface area contributed by atoms with Crippen molar-refractivity contribution in [3.8, 4) is 0 Å². The second-order valence-corrected chi connectivity index (χ2v) is 6.12. The summed E-state index contributed by atoms with van der Waals surface area (Å²) in [6, 6.07) is 8.37. The molecule has 2 aromatic carbocycles. The second kappa shape index (κ2) is 7.03. The lowest BCUT2D eigenvalue weighted by atomic mass is 10.1. The standard InChI is InChI=1S/C19H17F2N3O2/c1-11-3-4-12(2)17(9-11)24-18(25)8-7-15(23-24)19(26)22-16-10-13(20)5-6-14(16)21/h3-6,9-10H,7-8H2,1-2H3,(H,22,26). The van der Waals surface area contributed by atoms with Gasteiger partial charge in [-0.3, -0.25) is 9.59 Å². The maximum absolute atomic E-state index is 13.7. The molecule has 0 bridgehead atoms. The van der Waals surface area contributed by atoms with E-state index < -0.39 is 17.5 Å². The highest BCUT2D eigenvalue weighted by molar-refractivity contribution is 6.44. The molecule has 5 nitrogen and oxygen atoms in total. The molecule has 0 aliphatic carbocycles. The number of nitrogens with one attached hydrogen (secondary N) is 1. The van der Waals surface area contributed by atoms with Gasteiger partial charge in [0, 0.05) is 18.9 Å². The third-order valence-electron chi connectivity index (χ3n) is 4.06. The van der Waals surface area contributed by atoms with Crippen LogP contribution in [0.4, 0.5) is 20.2 Å². The van der Waals surface area contributed by atoms with Gasteiger partial charge >= 0.3 is 0 Å². The van der Waals surface area contributed by atoms with Gasteiger partial charge in [0.15, 0.2) is 0 Å². The molecule has 26 heavy (non-hydrogen) atoms. The average Bonchev–Trinajstić information content (AvgIpc) is 2.61. The largest absolute Gasteiger partial charge is 0.318 e. The highest BCUT2D eigenvalue weighted by Crippen LogP contribution is 2.26. The van der Waals surface area contributed by atoms with Crippen molar-refractivity contribution in [3.63, 3.8) is 0 Å². The highest BCUT2D eigenvalue weighted by Gasteiger charge is 2.27. The Labute approximate surface area is 149 Å². The van der Waals surface area contributed by atoms with E-state index in [2.05, 4.69) is 10.4 Å². The Morgan fingerprint density at radius 1 is 1.12 bits per heavy atom. The third kappa shape index (κ3) is 3.61. The van der Waals surface area contributed by atoms with E-state index in [9.17, 15) is 18.4 Å². The first-order chi connectivity index (χ1) is 12.3. The van der Waals surface area contributed by atoms with Gasteiger partial charge < -0.3 is 5.32 Å². The summed E-state index contributed by atoms with van der Waals surface area (Å²) in [5.74, 6) is -2.32. The van der Waals surface area contributed by atoms with Crippen LogP contribution in [-0.4, -0.2) is 17.5 Å². The molecule has 7 heteroatoms. The molecule has 0 aromatic heterocycles. The Kier molecular flexibility index (Phi) is 4.79. The number of hydrogen-bond acceptors (Lipinski definition) is 3. The Hall–Kier alpha value is -3.09. The van der Waals surface area contributed by atoms with Crippen LogP contribution in [0.15, 0.2) is 41.5 Å². The second-order valence-electron chi connectivity index (χ2n) is 6.12. The molecule has 0 unspecified atom stereocenters. The van der Waals surface area contributed by atoms with Crippen molar-refractivity contribution in [3.05, 3.63) is 59.2 Å². The van der Waals surface area contributed by atoms with Crippen LogP contribution >= 0.6 is 0 Å². The van der Waals surface area contributed by atoms with Gasteiger partial charge in [-0.25, -0.2) is 13.8 Å². The van der Waals surface area contributed by atoms with Crippen molar-refractivity contribution in [2.75, 3.05) is 10.3 Å². The van der Waals surface area contributed by atoms with Crippen LogP contribution in [-0.2, 0) is 9.59 Å². The molecule has 1 aliphatic heterocycles. The zero-order valence-electron chi connectivity index (χ0n) is 14.3. The van der Waals surface area contributed by atoms with Crippen molar-refractivity contribution in [1.82, 2.24) is 0 Å². The van der Waals surface area contributed by atoms with Gasteiger partial charge in [0.1, 0.15) is 17.3 Å². The van der Waals surface area contributed by atoms with Crippen LogP contribution in [0.1, 0.15) is 24.0 Å². The lowest BCUT2D eigenvalue weighted by Gasteiger charge is -2.24. The number of hydrogen-bond donors (Lipinski definition) is 1. The summed E-state index contributed by atoms with van der Waals surface area (Å²) in [7, 11) is 0. The van der Waals surface area contributed by atoms with Crippen molar-refractivity contribution in [2.24, 2.45) is 5.10 Å². The van der Waals surface area contributed by atoms with E-state index in [-0.39, 0.29) is 30.1 Å². The molecule has 0 fully saturated rings. The number of hydrazone groups is 1. The lowest BCUT2D eigenvalue weighted by Crippen LogP contribution is -2.36. The van der Waals surface area contributed by atoms with E-state index in [0.29, 0.717) is 5.69 Å². The fourth-order valence-corrected chi connectivity index (χ4v) is 2.64. The number of anilines is 2. The number of aryl methyl sites for hydroxylation is 2. The first kappa shape index (κ1) is 17.7. The highest BCUT2D eigenvalue weighted by atomic mass is 19.1. The maximum Gasteiger partial charge on any atom is 0.271 e. The van der Waals surface area contributed by atoms with Gasteiger partial charge in [-0.1, -0.05) is 12.1 Å². The molecule has 3 rings (SSSR count). The first-order valence-corrected chi connectivity index (χ1v) is 8.09. The van der Waals surface area contributed by atoms with Gasteiger partial charge in [-0.15, -0.1) is 0 Å². The minimum absolute atomic E-state index is 0.0779. The summed E-state index contributed by atoms with van der Waals surface area (Å²) in [6.07, 6.45) is 0.230. The fourth-order valence-electron chi connectivity index (χ4n) is 2.64. The molecule has 0 saturated heterocycles. The zero-order valence-corrected chi connectivity index (χ0v) is 14.3. The number of benzene rings is 2. The Bertz CT molecular complexity index is 925. The van der Waals surface area contributed by atoms with E-state index in [1.807, 2.05) is 32.0 Å². The van der Waals surface area contributed by atoms with Crippen molar-refractivity contribution < 1.29 is 18.4 Å². The van der Waals surface area contributed by atoms with Crippen LogP contribution in [0.5, 0.6) is 0 Å². The lowest BCUT2D eigenvalue weighted by molar-refractivity contribution is -0.118. The maximum atomic E-state index is 13.7. The van der Waals surface area contributed by atoms with E-state index in [1.165, 1.54) is 5.01 Å². The van der Waals surface area contributed by atoms with Crippen LogP contribution in [0.3, 0.4) is 0 Å². The van der Waals surface area contributed by atoms with E-state index in [0.717, 1.165) is 29.3 Å². The molecule has 0 radical (unpaired) electrons. The van der Waals surface area contributed by atoms with Gasteiger partial charge in [-0.05, 0) is 43.2 Å². The average molecular weight is 357 g/mol. The van der Waals surface area contributed by atoms with Gasteiger partial charge in [-0.2, -0.15) is 5.10 Å². The molecule has 0 saturated carbocycles. The number of amides is 2. The fraction of sp³-hybridized carbons (Fsp3) is 0.211. The Morgan fingerprint density at radius 2 is 1.88 bits per heavy atom. The van der Waals surface area contributed by atoms with Crippen molar-refractivity contribution in [1.29, 1.82) is 0 Å². The molecule has 0 spiro atoms. The number of carbonyl (C=O) groups is 2. The van der Waals surface area contributed by atoms with Crippen LogP contribution in [0, 0.1) is 25.5 Å². The number of rotatable bonds is 3. The molecule has 1 N–H and O–H groups in total. The molecule has 2 amide bonds. The van der Waals surface area contributed by atoms with Gasteiger partial charge in [0.2, 0.25) is 5.91 Å². The molecular weight excluding hydrogens is 340 g/mol. The smallest absolute Gasteiger partial charge is 0.271 e. The number of nitrogens with zero attached hydrogens (tertiary/aromatic N) is 2. The number of halogens is 2. The quantitative estimate of drug-likeness (QED) is 0.910.